The Balaban J connectivity index is 3.73. The molecule has 0 amide bonds. The summed E-state index contributed by atoms with van der Waals surface area (Å²) in [7, 11) is 1.71. The van der Waals surface area contributed by atoms with Gasteiger partial charge in [-0.05, 0) is 18.4 Å². The monoisotopic (exact) mass is 128 g/mol. The van der Waals surface area contributed by atoms with E-state index in [-0.39, 0.29) is 6.10 Å². The minimum atomic E-state index is 0.199. The van der Waals surface area contributed by atoms with Crippen LogP contribution in [0.3, 0.4) is 0 Å². The molecule has 0 aliphatic carbocycles. The average Bonchev–Trinajstić information content (AvgIpc) is 1.84. The highest BCUT2D eigenvalue weighted by atomic mass is 16.5. The molecule has 1 nitrogen and oxygen atoms in total. The highest BCUT2D eigenvalue weighted by Gasteiger charge is 2.07. The number of methoxy groups -OCH3 is 1. The minimum Gasteiger partial charge on any atom is -0.377 e. The van der Waals surface area contributed by atoms with Gasteiger partial charge in [-0.15, -0.1) is 0 Å². The zero-order valence-electron chi connectivity index (χ0n) is 6.77. The van der Waals surface area contributed by atoms with E-state index in [0.717, 1.165) is 5.57 Å². The summed E-state index contributed by atoms with van der Waals surface area (Å²) in [6.45, 7) is 10.2. The summed E-state index contributed by atoms with van der Waals surface area (Å²) in [6.07, 6.45) is 0.199. The largest absolute Gasteiger partial charge is 0.377 e. The Morgan fingerprint density at radius 2 is 1.78 bits per heavy atom. The maximum atomic E-state index is 5.07. The predicted octanol–water partition coefficient (Wildman–Crippen LogP) is 2.23. The van der Waals surface area contributed by atoms with Crippen molar-refractivity contribution in [1.82, 2.24) is 0 Å². The zero-order chi connectivity index (χ0) is 7.44. The first-order chi connectivity index (χ1) is 4.09. The Kier molecular flexibility index (Phi) is 3.55. The third-order valence-electron chi connectivity index (χ3n) is 1.62. The first-order valence-electron chi connectivity index (χ1n) is 3.31. The van der Waals surface area contributed by atoms with Crippen LogP contribution in [0.5, 0.6) is 0 Å². The van der Waals surface area contributed by atoms with E-state index in [4.69, 9.17) is 4.74 Å². The predicted molar refractivity (Wildman–Crippen MR) is 40.4 cm³/mol. The summed E-state index contributed by atoms with van der Waals surface area (Å²) < 4.78 is 5.07. The highest BCUT2D eigenvalue weighted by molar-refractivity contribution is 5.03. The van der Waals surface area contributed by atoms with Crippen LogP contribution in [-0.2, 0) is 4.74 Å². The molecule has 0 saturated heterocycles. The molecule has 0 rings (SSSR count). The van der Waals surface area contributed by atoms with Crippen molar-refractivity contribution < 1.29 is 4.74 Å². The van der Waals surface area contributed by atoms with Gasteiger partial charge in [-0.25, -0.2) is 0 Å². The lowest BCUT2D eigenvalue weighted by Crippen LogP contribution is -2.11. The van der Waals surface area contributed by atoms with Gasteiger partial charge in [-0.1, -0.05) is 20.4 Å². The molecule has 1 atom stereocenters. The molecule has 9 heavy (non-hydrogen) atoms. The SMILES string of the molecule is C=C(C(C)C)[C@H](C)OC. The lowest BCUT2D eigenvalue weighted by atomic mass is 10.0. The summed E-state index contributed by atoms with van der Waals surface area (Å²) in [4.78, 5) is 0. The molecule has 0 aliphatic rings. The molecule has 0 aromatic heterocycles. The minimum absolute atomic E-state index is 0.199. The van der Waals surface area contributed by atoms with Gasteiger partial charge in [0.2, 0.25) is 0 Å². The van der Waals surface area contributed by atoms with Crippen LogP contribution < -0.4 is 0 Å². The second-order valence-corrected chi connectivity index (χ2v) is 2.61. The molecule has 0 aromatic carbocycles. The molecule has 54 valence electrons. The molecule has 0 aliphatic heterocycles. The summed E-state index contributed by atoms with van der Waals surface area (Å²) in [5.74, 6) is 0.528. The first kappa shape index (κ1) is 8.70. The van der Waals surface area contributed by atoms with Crippen molar-refractivity contribution in [1.29, 1.82) is 0 Å². The topological polar surface area (TPSA) is 9.23 Å². The molecule has 0 bridgehead atoms. The lowest BCUT2D eigenvalue weighted by Gasteiger charge is -2.15. The van der Waals surface area contributed by atoms with Crippen LogP contribution in [-0.4, -0.2) is 13.2 Å². The van der Waals surface area contributed by atoms with Crippen LogP contribution in [0.2, 0.25) is 0 Å². The molecule has 0 fully saturated rings. The fraction of sp³-hybridized carbons (Fsp3) is 0.750. The molecule has 0 aromatic rings. The normalized spacial score (nSPS) is 13.9. The number of rotatable bonds is 3. The first-order valence-corrected chi connectivity index (χ1v) is 3.31. The van der Waals surface area contributed by atoms with E-state index in [9.17, 15) is 0 Å². The Labute approximate surface area is 57.7 Å². The highest BCUT2D eigenvalue weighted by Crippen LogP contribution is 2.12. The fourth-order valence-electron chi connectivity index (χ4n) is 0.621. The Morgan fingerprint density at radius 3 is 1.89 bits per heavy atom. The van der Waals surface area contributed by atoms with Crippen LogP contribution in [0.1, 0.15) is 20.8 Å². The number of ether oxygens (including phenoxy) is 1. The van der Waals surface area contributed by atoms with Crippen molar-refractivity contribution in [3.05, 3.63) is 12.2 Å². The Morgan fingerprint density at radius 1 is 1.33 bits per heavy atom. The van der Waals surface area contributed by atoms with Crippen LogP contribution >= 0.6 is 0 Å². The molecular weight excluding hydrogens is 112 g/mol. The Hall–Kier alpha value is -0.300. The van der Waals surface area contributed by atoms with E-state index in [2.05, 4.69) is 20.4 Å². The summed E-state index contributed by atoms with van der Waals surface area (Å²) in [6, 6.07) is 0. The fourth-order valence-corrected chi connectivity index (χ4v) is 0.621. The van der Waals surface area contributed by atoms with Crippen LogP contribution in [0.25, 0.3) is 0 Å². The van der Waals surface area contributed by atoms with Gasteiger partial charge in [0, 0.05) is 7.11 Å². The third-order valence-corrected chi connectivity index (χ3v) is 1.62. The van der Waals surface area contributed by atoms with E-state index in [0.29, 0.717) is 5.92 Å². The second-order valence-electron chi connectivity index (χ2n) is 2.61. The summed E-state index contributed by atoms with van der Waals surface area (Å²) in [5.41, 5.74) is 1.16. The molecule has 0 saturated carbocycles. The number of hydrogen-bond donors (Lipinski definition) is 0. The third kappa shape index (κ3) is 2.66. The van der Waals surface area contributed by atoms with E-state index in [1.165, 1.54) is 0 Å². The van der Waals surface area contributed by atoms with Crippen molar-refractivity contribution in [3.63, 3.8) is 0 Å². The molecule has 0 radical (unpaired) electrons. The van der Waals surface area contributed by atoms with Gasteiger partial charge in [-0.2, -0.15) is 0 Å². The summed E-state index contributed by atoms with van der Waals surface area (Å²) in [5, 5.41) is 0. The smallest absolute Gasteiger partial charge is 0.0752 e. The van der Waals surface area contributed by atoms with E-state index >= 15 is 0 Å². The van der Waals surface area contributed by atoms with Gasteiger partial charge in [0.25, 0.3) is 0 Å². The van der Waals surface area contributed by atoms with Gasteiger partial charge in [-0.3, -0.25) is 0 Å². The average molecular weight is 128 g/mol. The molecule has 0 heterocycles. The maximum Gasteiger partial charge on any atom is 0.0752 e. The Bertz CT molecular complexity index is 94.7. The van der Waals surface area contributed by atoms with E-state index in [1.54, 1.807) is 7.11 Å². The van der Waals surface area contributed by atoms with Crippen molar-refractivity contribution >= 4 is 0 Å². The zero-order valence-corrected chi connectivity index (χ0v) is 6.77. The molecule has 0 spiro atoms. The van der Waals surface area contributed by atoms with Crippen LogP contribution in [0.4, 0.5) is 0 Å². The van der Waals surface area contributed by atoms with Crippen molar-refractivity contribution in [2.24, 2.45) is 5.92 Å². The van der Waals surface area contributed by atoms with Gasteiger partial charge in [0.1, 0.15) is 0 Å². The lowest BCUT2D eigenvalue weighted by molar-refractivity contribution is 0.140. The standard InChI is InChI=1S/C8H16O/c1-6(2)7(3)8(4)9-5/h6,8H,3H2,1-2,4-5H3/t8-/m0/s1. The van der Waals surface area contributed by atoms with Crippen molar-refractivity contribution in [2.75, 3.05) is 7.11 Å². The molecule has 1 heteroatoms. The van der Waals surface area contributed by atoms with Crippen molar-refractivity contribution in [2.45, 2.75) is 26.9 Å². The summed E-state index contributed by atoms with van der Waals surface area (Å²) >= 11 is 0. The maximum absolute atomic E-state index is 5.07. The second kappa shape index (κ2) is 3.67. The van der Waals surface area contributed by atoms with Gasteiger partial charge < -0.3 is 4.74 Å². The van der Waals surface area contributed by atoms with Crippen molar-refractivity contribution in [3.8, 4) is 0 Å². The van der Waals surface area contributed by atoms with Crippen LogP contribution in [0, 0.1) is 5.92 Å². The van der Waals surface area contributed by atoms with Gasteiger partial charge in [0.15, 0.2) is 0 Å². The molecule has 0 N–H and O–H groups in total. The van der Waals surface area contributed by atoms with Gasteiger partial charge in [0.05, 0.1) is 6.10 Å². The molecule has 0 unspecified atom stereocenters. The van der Waals surface area contributed by atoms with E-state index < -0.39 is 0 Å². The van der Waals surface area contributed by atoms with Crippen LogP contribution in [0.15, 0.2) is 12.2 Å². The molecular formula is C8H16O. The number of hydrogen-bond acceptors (Lipinski definition) is 1. The quantitative estimate of drug-likeness (QED) is 0.530. The van der Waals surface area contributed by atoms with E-state index in [1.807, 2.05) is 6.92 Å². The van der Waals surface area contributed by atoms with Gasteiger partial charge >= 0.3 is 0 Å².